The van der Waals surface area contributed by atoms with E-state index in [0.29, 0.717) is 36.9 Å². The minimum atomic E-state index is -4.23. The molecule has 132 valence electrons. The highest BCUT2D eigenvalue weighted by Crippen LogP contribution is 2.39. The van der Waals surface area contributed by atoms with Crippen molar-refractivity contribution in [2.45, 2.75) is 44.7 Å². The van der Waals surface area contributed by atoms with Crippen LogP contribution in [0.3, 0.4) is 0 Å². The molecule has 24 heavy (non-hydrogen) atoms. The van der Waals surface area contributed by atoms with Crippen LogP contribution in [-0.4, -0.2) is 46.6 Å². The number of rotatable bonds is 4. The standard InChI is InChI=1S/C16H21F3N4O/c1-10-20-13(11-4-5-11)7-14(21-10)22-15(24)12-3-2-6-23(8-12)9-16(17,18)19/h7,11-12H,2-6,8-9H2,1H3,(H,20,21,22,24). The molecule has 0 bridgehead atoms. The molecule has 1 aromatic rings. The van der Waals surface area contributed by atoms with Crippen molar-refractivity contribution in [3.8, 4) is 0 Å². The summed E-state index contributed by atoms with van der Waals surface area (Å²) in [5.41, 5.74) is 0.931. The van der Waals surface area contributed by atoms with Gasteiger partial charge in [0.1, 0.15) is 11.6 Å². The summed E-state index contributed by atoms with van der Waals surface area (Å²) >= 11 is 0. The van der Waals surface area contributed by atoms with E-state index in [4.69, 9.17) is 0 Å². The summed E-state index contributed by atoms with van der Waals surface area (Å²) in [6.45, 7) is 1.31. The van der Waals surface area contributed by atoms with Crippen LogP contribution in [0.4, 0.5) is 19.0 Å². The molecular weight excluding hydrogens is 321 g/mol. The van der Waals surface area contributed by atoms with Crippen LogP contribution < -0.4 is 5.32 Å². The number of carbonyl (C=O) groups is 1. The Morgan fingerprint density at radius 2 is 2.08 bits per heavy atom. The van der Waals surface area contributed by atoms with Gasteiger partial charge in [0.25, 0.3) is 0 Å². The molecule has 1 aliphatic carbocycles. The third kappa shape index (κ3) is 4.66. The molecule has 1 unspecified atom stereocenters. The van der Waals surface area contributed by atoms with E-state index in [-0.39, 0.29) is 12.5 Å². The summed E-state index contributed by atoms with van der Waals surface area (Å²) in [5.74, 6) is 0.779. The van der Waals surface area contributed by atoms with Crippen LogP contribution in [0.5, 0.6) is 0 Å². The van der Waals surface area contributed by atoms with Gasteiger partial charge in [-0.15, -0.1) is 0 Å². The summed E-state index contributed by atoms with van der Waals surface area (Å²) in [5, 5.41) is 2.76. The Hall–Kier alpha value is -1.70. The average molecular weight is 342 g/mol. The van der Waals surface area contributed by atoms with Gasteiger partial charge in [-0.1, -0.05) is 0 Å². The maximum Gasteiger partial charge on any atom is 0.401 e. The number of amides is 1. The second kappa shape index (κ2) is 6.66. The first-order valence-electron chi connectivity index (χ1n) is 8.26. The maximum atomic E-state index is 12.5. The Bertz CT molecular complexity index is 616. The number of hydrogen-bond acceptors (Lipinski definition) is 4. The van der Waals surface area contributed by atoms with Crippen LogP contribution in [-0.2, 0) is 4.79 Å². The summed E-state index contributed by atoms with van der Waals surface area (Å²) in [4.78, 5) is 22.3. The summed E-state index contributed by atoms with van der Waals surface area (Å²) < 4.78 is 37.6. The summed E-state index contributed by atoms with van der Waals surface area (Å²) in [7, 11) is 0. The van der Waals surface area contributed by atoms with Crippen molar-refractivity contribution in [2.75, 3.05) is 25.0 Å². The molecule has 1 amide bonds. The topological polar surface area (TPSA) is 58.1 Å². The van der Waals surface area contributed by atoms with Crippen molar-refractivity contribution in [1.82, 2.24) is 14.9 Å². The van der Waals surface area contributed by atoms with E-state index in [0.717, 1.165) is 18.5 Å². The summed E-state index contributed by atoms with van der Waals surface area (Å²) in [6.07, 6.45) is -0.858. The van der Waals surface area contributed by atoms with Gasteiger partial charge in [0.2, 0.25) is 5.91 Å². The third-order valence-electron chi connectivity index (χ3n) is 4.38. The molecule has 0 aromatic carbocycles. The first-order valence-corrected chi connectivity index (χ1v) is 8.26. The Balaban J connectivity index is 1.62. The molecule has 5 nitrogen and oxygen atoms in total. The van der Waals surface area contributed by atoms with Gasteiger partial charge in [-0.05, 0) is 39.2 Å². The molecule has 0 spiro atoms. The predicted molar refractivity (Wildman–Crippen MR) is 82.6 cm³/mol. The number of aryl methyl sites for hydroxylation is 1. The van der Waals surface area contributed by atoms with Gasteiger partial charge >= 0.3 is 6.18 Å². The number of aromatic nitrogens is 2. The highest BCUT2D eigenvalue weighted by molar-refractivity contribution is 5.91. The fourth-order valence-corrected chi connectivity index (χ4v) is 3.14. The molecule has 8 heteroatoms. The van der Waals surface area contributed by atoms with Crippen LogP contribution >= 0.6 is 0 Å². The fraction of sp³-hybridized carbons (Fsp3) is 0.688. The lowest BCUT2D eigenvalue weighted by molar-refractivity contribution is -0.151. The van der Waals surface area contributed by atoms with E-state index in [1.807, 2.05) is 0 Å². The zero-order valence-corrected chi connectivity index (χ0v) is 13.6. The number of nitrogens with one attached hydrogen (secondary N) is 1. The first kappa shape index (κ1) is 17.1. The van der Waals surface area contributed by atoms with Crippen LogP contribution in [0, 0.1) is 12.8 Å². The Morgan fingerprint density at radius 3 is 2.75 bits per heavy atom. The maximum absolute atomic E-state index is 12.5. The van der Waals surface area contributed by atoms with E-state index < -0.39 is 18.6 Å². The van der Waals surface area contributed by atoms with Gasteiger partial charge in [0, 0.05) is 24.2 Å². The van der Waals surface area contributed by atoms with Gasteiger partial charge in [-0.25, -0.2) is 9.97 Å². The minimum Gasteiger partial charge on any atom is -0.310 e. The van der Waals surface area contributed by atoms with Crippen molar-refractivity contribution >= 4 is 11.7 Å². The van der Waals surface area contributed by atoms with E-state index in [1.165, 1.54) is 4.90 Å². The SMILES string of the molecule is Cc1nc(NC(=O)C2CCCN(CC(F)(F)F)C2)cc(C2CC2)n1. The van der Waals surface area contributed by atoms with Gasteiger partial charge in [-0.2, -0.15) is 13.2 Å². The quantitative estimate of drug-likeness (QED) is 0.914. The highest BCUT2D eigenvalue weighted by Gasteiger charge is 2.35. The van der Waals surface area contributed by atoms with Crippen molar-refractivity contribution < 1.29 is 18.0 Å². The number of anilines is 1. The second-order valence-corrected chi connectivity index (χ2v) is 6.68. The third-order valence-corrected chi connectivity index (χ3v) is 4.38. The number of likely N-dealkylation sites (tertiary alicyclic amines) is 1. The average Bonchev–Trinajstić information content (AvgIpc) is 3.29. The van der Waals surface area contributed by atoms with Crippen LogP contribution in [0.15, 0.2) is 6.07 Å². The van der Waals surface area contributed by atoms with Crippen molar-refractivity contribution in [3.05, 3.63) is 17.6 Å². The zero-order valence-electron chi connectivity index (χ0n) is 13.6. The summed E-state index contributed by atoms with van der Waals surface area (Å²) in [6, 6.07) is 1.78. The molecule has 1 saturated carbocycles. The van der Waals surface area contributed by atoms with Crippen LogP contribution in [0.25, 0.3) is 0 Å². The van der Waals surface area contributed by atoms with Crippen molar-refractivity contribution in [1.29, 1.82) is 0 Å². The fourth-order valence-electron chi connectivity index (χ4n) is 3.14. The van der Waals surface area contributed by atoms with E-state index >= 15 is 0 Å². The van der Waals surface area contributed by atoms with E-state index in [1.54, 1.807) is 13.0 Å². The highest BCUT2D eigenvalue weighted by atomic mass is 19.4. The zero-order chi connectivity index (χ0) is 17.3. The number of nitrogens with zero attached hydrogens (tertiary/aromatic N) is 3. The molecule has 3 rings (SSSR count). The molecule has 2 heterocycles. The molecular formula is C16H21F3N4O. The van der Waals surface area contributed by atoms with E-state index in [9.17, 15) is 18.0 Å². The minimum absolute atomic E-state index is 0.130. The number of carbonyl (C=O) groups excluding carboxylic acids is 1. The molecule has 0 radical (unpaired) electrons. The number of hydrogen-bond donors (Lipinski definition) is 1. The smallest absolute Gasteiger partial charge is 0.310 e. The van der Waals surface area contributed by atoms with Gasteiger partial charge in [-0.3, -0.25) is 9.69 Å². The lowest BCUT2D eigenvalue weighted by Gasteiger charge is -2.32. The van der Waals surface area contributed by atoms with Crippen LogP contribution in [0.2, 0.25) is 0 Å². The Labute approximate surface area is 138 Å². The molecule has 1 aromatic heterocycles. The van der Waals surface area contributed by atoms with Crippen molar-refractivity contribution in [2.24, 2.45) is 5.92 Å². The van der Waals surface area contributed by atoms with Gasteiger partial charge < -0.3 is 5.32 Å². The molecule has 2 fully saturated rings. The first-order chi connectivity index (χ1) is 11.3. The Morgan fingerprint density at radius 1 is 1.33 bits per heavy atom. The number of piperidine rings is 1. The molecule has 2 aliphatic rings. The van der Waals surface area contributed by atoms with Crippen molar-refractivity contribution in [3.63, 3.8) is 0 Å². The Kier molecular flexibility index (Phi) is 4.76. The largest absolute Gasteiger partial charge is 0.401 e. The molecule has 1 N–H and O–H groups in total. The predicted octanol–water partition coefficient (Wildman–Crippen LogP) is 2.88. The second-order valence-electron chi connectivity index (χ2n) is 6.68. The molecule has 1 aliphatic heterocycles. The molecule has 1 saturated heterocycles. The van der Waals surface area contributed by atoms with E-state index in [2.05, 4.69) is 15.3 Å². The lowest BCUT2D eigenvalue weighted by atomic mass is 9.97. The number of alkyl halides is 3. The number of halogens is 3. The lowest BCUT2D eigenvalue weighted by Crippen LogP contribution is -2.44. The van der Waals surface area contributed by atoms with Gasteiger partial charge in [0.05, 0.1) is 12.5 Å². The molecule has 1 atom stereocenters. The van der Waals surface area contributed by atoms with Gasteiger partial charge in [0.15, 0.2) is 0 Å². The monoisotopic (exact) mass is 342 g/mol. The van der Waals surface area contributed by atoms with Crippen LogP contribution in [0.1, 0.15) is 43.1 Å². The normalized spacial score (nSPS) is 22.4.